The van der Waals surface area contributed by atoms with Gasteiger partial charge in [-0.25, -0.2) is 9.97 Å². The van der Waals surface area contributed by atoms with Crippen molar-refractivity contribution < 1.29 is 14.3 Å². The van der Waals surface area contributed by atoms with Crippen LogP contribution in [0.3, 0.4) is 0 Å². The van der Waals surface area contributed by atoms with Crippen LogP contribution < -0.4 is 26.1 Å². The summed E-state index contributed by atoms with van der Waals surface area (Å²) in [6.45, 7) is 0.255. The third kappa shape index (κ3) is 3.73. The summed E-state index contributed by atoms with van der Waals surface area (Å²) < 4.78 is 12.0. The van der Waals surface area contributed by atoms with E-state index < -0.39 is 5.91 Å². The zero-order chi connectivity index (χ0) is 20.3. The highest BCUT2D eigenvalue weighted by Crippen LogP contribution is 2.33. The number of primary amides is 1. The Balaban J connectivity index is 2.15. The minimum atomic E-state index is -0.445. The maximum atomic E-state index is 12.6. The SMILES string of the molecule is COc1ccc(-c2cc3ncn(C)c(=O)c3c(NCCC(N)=O)n2)cc1OC. The summed E-state index contributed by atoms with van der Waals surface area (Å²) in [5.41, 5.74) is 6.81. The fourth-order valence-corrected chi connectivity index (χ4v) is 2.80. The van der Waals surface area contributed by atoms with Gasteiger partial charge in [0.05, 0.1) is 31.8 Å². The molecule has 0 saturated carbocycles. The average molecular weight is 383 g/mol. The minimum absolute atomic E-state index is 0.115. The van der Waals surface area contributed by atoms with E-state index in [0.29, 0.717) is 33.9 Å². The van der Waals surface area contributed by atoms with Crippen LogP contribution in [0.5, 0.6) is 11.5 Å². The number of hydrogen-bond donors (Lipinski definition) is 2. The van der Waals surface area contributed by atoms with Gasteiger partial charge < -0.3 is 25.1 Å². The fraction of sp³-hybridized carbons (Fsp3) is 0.263. The summed E-state index contributed by atoms with van der Waals surface area (Å²) in [5.74, 6) is 1.05. The van der Waals surface area contributed by atoms with Crippen molar-refractivity contribution in [1.29, 1.82) is 0 Å². The molecule has 0 aliphatic carbocycles. The lowest BCUT2D eigenvalue weighted by Crippen LogP contribution is -2.21. The molecule has 3 rings (SSSR count). The van der Waals surface area contributed by atoms with E-state index in [1.807, 2.05) is 6.07 Å². The number of ether oxygens (including phenoxy) is 2. The second kappa shape index (κ2) is 7.95. The monoisotopic (exact) mass is 383 g/mol. The molecule has 146 valence electrons. The number of carbonyl (C=O) groups is 1. The molecule has 0 aliphatic rings. The normalized spacial score (nSPS) is 10.7. The molecular weight excluding hydrogens is 362 g/mol. The second-order valence-corrected chi connectivity index (χ2v) is 6.12. The number of rotatable bonds is 7. The van der Waals surface area contributed by atoms with E-state index in [0.717, 1.165) is 5.56 Å². The molecule has 1 amide bonds. The highest BCUT2D eigenvalue weighted by atomic mass is 16.5. The van der Waals surface area contributed by atoms with E-state index in [1.165, 1.54) is 10.9 Å². The van der Waals surface area contributed by atoms with E-state index in [9.17, 15) is 9.59 Å². The maximum Gasteiger partial charge on any atom is 0.264 e. The van der Waals surface area contributed by atoms with Crippen LogP contribution in [0, 0.1) is 0 Å². The lowest BCUT2D eigenvalue weighted by molar-refractivity contribution is -0.117. The van der Waals surface area contributed by atoms with Crippen LogP contribution in [0.1, 0.15) is 6.42 Å². The largest absolute Gasteiger partial charge is 0.493 e. The standard InChI is InChI=1S/C19H21N5O4/c1-24-10-22-13-9-12(11-4-5-14(27-2)15(8-11)28-3)23-18(17(13)19(24)26)21-7-6-16(20)25/h4-5,8-10H,6-7H2,1-3H3,(H2,20,25)(H,21,23). The van der Waals surface area contributed by atoms with Crippen LogP contribution in [0.2, 0.25) is 0 Å². The highest BCUT2D eigenvalue weighted by Gasteiger charge is 2.14. The number of hydrogen-bond acceptors (Lipinski definition) is 7. The van der Waals surface area contributed by atoms with Gasteiger partial charge in [0.2, 0.25) is 5.91 Å². The first-order valence-corrected chi connectivity index (χ1v) is 8.55. The predicted octanol–water partition coefficient (Wildman–Crippen LogP) is 1.30. The summed E-state index contributed by atoms with van der Waals surface area (Å²) in [7, 11) is 4.73. The molecule has 0 aliphatic heterocycles. The summed E-state index contributed by atoms with van der Waals surface area (Å²) >= 11 is 0. The zero-order valence-corrected chi connectivity index (χ0v) is 15.9. The van der Waals surface area contributed by atoms with Crippen molar-refractivity contribution in [1.82, 2.24) is 14.5 Å². The summed E-state index contributed by atoms with van der Waals surface area (Å²) in [6.07, 6.45) is 1.57. The van der Waals surface area contributed by atoms with Crippen molar-refractivity contribution in [3.8, 4) is 22.8 Å². The summed E-state index contributed by atoms with van der Waals surface area (Å²) in [6, 6.07) is 7.14. The second-order valence-electron chi connectivity index (χ2n) is 6.12. The number of nitrogens with two attached hydrogens (primary N) is 1. The molecule has 0 unspecified atom stereocenters. The number of fused-ring (bicyclic) bond motifs is 1. The number of anilines is 1. The van der Waals surface area contributed by atoms with Crippen molar-refractivity contribution in [2.24, 2.45) is 12.8 Å². The third-order valence-corrected chi connectivity index (χ3v) is 4.25. The Bertz CT molecular complexity index is 1090. The van der Waals surface area contributed by atoms with Crippen molar-refractivity contribution in [2.45, 2.75) is 6.42 Å². The van der Waals surface area contributed by atoms with Crippen molar-refractivity contribution >= 4 is 22.6 Å². The third-order valence-electron chi connectivity index (χ3n) is 4.25. The maximum absolute atomic E-state index is 12.6. The number of pyridine rings is 1. The van der Waals surface area contributed by atoms with Gasteiger partial charge in [0, 0.05) is 25.6 Å². The molecule has 2 heterocycles. The number of carbonyl (C=O) groups excluding carboxylic acids is 1. The van der Waals surface area contributed by atoms with Gasteiger partial charge in [0.25, 0.3) is 5.56 Å². The van der Waals surface area contributed by atoms with E-state index in [2.05, 4.69) is 15.3 Å². The van der Waals surface area contributed by atoms with E-state index in [4.69, 9.17) is 15.2 Å². The zero-order valence-electron chi connectivity index (χ0n) is 15.9. The number of amides is 1. The Morgan fingerprint density at radius 2 is 1.96 bits per heavy atom. The van der Waals surface area contributed by atoms with Gasteiger partial charge in [-0.2, -0.15) is 0 Å². The first kappa shape index (κ1) is 19.2. The number of benzene rings is 1. The number of methoxy groups -OCH3 is 2. The molecule has 0 saturated heterocycles. The average Bonchev–Trinajstić information content (AvgIpc) is 2.69. The molecule has 3 aromatic rings. The molecule has 2 aromatic heterocycles. The van der Waals surface area contributed by atoms with E-state index in [-0.39, 0.29) is 18.5 Å². The topological polar surface area (TPSA) is 121 Å². The highest BCUT2D eigenvalue weighted by molar-refractivity contribution is 5.91. The van der Waals surface area contributed by atoms with Crippen molar-refractivity contribution in [3.63, 3.8) is 0 Å². The van der Waals surface area contributed by atoms with Gasteiger partial charge in [0.1, 0.15) is 11.2 Å². The van der Waals surface area contributed by atoms with E-state index in [1.54, 1.807) is 39.5 Å². The van der Waals surface area contributed by atoms with Gasteiger partial charge in [-0.15, -0.1) is 0 Å². The van der Waals surface area contributed by atoms with Crippen molar-refractivity contribution in [2.75, 3.05) is 26.1 Å². The van der Waals surface area contributed by atoms with Crippen LogP contribution in [-0.4, -0.2) is 41.2 Å². The lowest BCUT2D eigenvalue weighted by atomic mass is 10.1. The van der Waals surface area contributed by atoms with Crippen LogP contribution in [0.4, 0.5) is 5.82 Å². The summed E-state index contributed by atoms with van der Waals surface area (Å²) in [5, 5.41) is 3.37. The van der Waals surface area contributed by atoms with Crippen LogP contribution >= 0.6 is 0 Å². The first-order chi connectivity index (χ1) is 13.4. The molecular formula is C19H21N5O4. The van der Waals surface area contributed by atoms with Crippen LogP contribution in [0.25, 0.3) is 22.2 Å². The fourth-order valence-electron chi connectivity index (χ4n) is 2.80. The first-order valence-electron chi connectivity index (χ1n) is 8.55. The van der Waals surface area contributed by atoms with Gasteiger partial charge >= 0.3 is 0 Å². The molecule has 9 nitrogen and oxygen atoms in total. The van der Waals surface area contributed by atoms with Gasteiger partial charge in [-0.3, -0.25) is 9.59 Å². The van der Waals surface area contributed by atoms with Gasteiger partial charge in [-0.05, 0) is 24.3 Å². The molecule has 0 atom stereocenters. The van der Waals surface area contributed by atoms with Crippen LogP contribution in [0.15, 0.2) is 35.4 Å². The van der Waals surface area contributed by atoms with Gasteiger partial charge in [0.15, 0.2) is 11.5 Å². The predicted molar refractivity (Wildman–Crippen MR) is 106 cm³/mol. The van der Waals surface area contributed by atoms with E-state index >= 15 is 0 Å². The molecule has 0 fully saturated rings. The summed E-state index contributed by atoms with van der Waals surface area (Å²) in [4.78, 5) is 32.6. The number of aromatic nitrogens is 3. The smallest absolute Gasteiger partial charge is 0.264 e. The number of aryl methyl sites for hydroxylation is 1. The quantitative estimate of drug-likeness (QED) is 0.631. The molecule has 0 radical (unpaired) electrons. The molecule has 0 bridgehead atoms. The Labute approximate surface area is 161 Å². The minimum Gasteiger partial charge on any atom is -0.493 e. The number of nitrogens with zero attached hydrogens (tertiary/aromatic N) is 3. The van der Waals surface area contributed by atoms with Gasteiger partial charge in [-0.1, -0.05) is 0 Å². The Kier molecular flexibility index (Phi) is 5.44. The Hall–Kier alpha value is -3.62. The molecule has 9 heteroatoms. The number of nitrogens with one attached hydrogen (secondary N) is 1. The van der Waals surface area contributed by atoms with Crippen molar-refractivity contribution in [3.05, 3.63) is 40.9 Å². The molecule has 28 heavy (non-hydrogen) atoms. The Morgan fingerprint density at radius 3 is 2.64 bits per heavy atom. The lowest BCUT2D eigenvalue weighted by Gasteiger charge is -2.13. The Morgan fingerprint density at radius 1 is 1.21 bits per heavy atom. The van der Waals surface area contributed by atoms with Crippen LogP contribution in [-0.2, 0) is 11.8 Å². The molecule has 1 aromatic carbocycles. The molecule has 0 spiro atoms. The molecule has 3 N–H and O–H groups in total.